The van der Waals surface area contributed by atoms with E-state index in [1.807, 2.05) is 5.38 Å². The SMILES string of the molecule is Fc1ccc(-c2csc(CNC3CC3)n2)c(Br)c1. The van der Waals surface area contributed by atoms with Gasteiger partial charge in [-0.25, -0.2) is 9.37 Å². The second-order valence-electron chi connectivity index (χ2n) is 4.41. The van der Waals surface area contributed by atoms with Gasteiger partial charge >= 0.3 is 0 Å². The maximum atomic E-state index is 13.0. The number of halogens is 2. The third kappa shape index (κ3) is 2.79. The topological polar surface area (TPSA) is 24.9 Å². The fourth-order valence-corrected chi connectivity index (χ4v) is 3.03. The molecule has 0 saturated heterocycles. The lowest BCUT2D eigenvalue weighted by Gasteiger charge is -2.01. The van der Waals surface area contributed by atoms with Crippen LogP contribution >= 0.6 is 27.3 Å². The van der Waals surface area contributed by atoms with E-state index in [-0.39, 0.29) is 5.82 Å². The van der Waals surface area contributed by atoms with Gasteiger partial charge < -0.3 is 5.32 Å². The summed E-state index contributed by atoms with van der Waals surface area (Å²) in [7, 11) is 0. The first-order chi connectivity index (χ1) is 8.72. The van der Waals surface area contributed by atoms with Crippen molar-refractivity contribution in [2.75, 3.05) is 0 Å². The molecule has 1 aromatic heterocycles. The Morgan fingerprint density at radius 1 is 1.44 bits per heavy atom. The van der Waals surface area contributed by atoms with Crippen LogP contribution in [-0.2, 0) is 6.54 Å². The Hall–Kier alpha value is -0.780. The van der Waals surface area contributed by atoms with Crippen LogP contribution in [-0.4, -0.2) is 11.0 Å². The van der Waals surface area contributed by atoms with Crippen LogP contribution < -0.4 is 5.32 Å². The second-order valence-corrected chi connectivity index (χ2v) is 6.20. The van der Waals surface area contributed by atoms with E-state index >= 15 is 0 Å². The summed E-state index contributed by atoms with van der Waals surface area (Å²) in [4.78, 5) is 4.57. The first kappa shape index (κ1) is 12.3. The molecule has 1 N–H and O–H groups in total. The highest BCUT2D eigenvalue weighted by Crippen LogP contribution is 2.30. The highest BCUT2D eigenvalue weighted by atomic mass is 79.9. The molecule has 1 aromatic carbocycles. The zero-order valence-corrected chi connectivity index (χ0v) is 12.0. The van der Waals surface area contributed by atoms with Gasteiger partial charge in [0.15, 0.2) is 0 Å². The summed E-state index contributed by atoms with van der Waals surface area (Å²) in [5.74, 6) is -0.239. The molecule has 0 bridgehead atoms. The minimum Gasteiger partial charge on any atom is -0.308 e. The third-order valence-corrected chi connectivity index (χ3v) is 4.38. The van der Waals surface area contributed by atoms with Crippen LogP contribution in [0.4, 0.5) is 4.39 Å². The number of hydrogen-bond acceptors (Lipinski definition) is 3. The van der Waals surface area contributed by atoms with Crippen LogP contribution in [0.25, 0.3) is 11.3 Å². The van der Waals surface area contributed by atoms with E-state index in [9.17, 15) is 4.39 Å². The molecule has 5 heteroatoms. The van der Waals surface area contributed by atoms with Gasteiger partial charge in [0.05, 0.1) is 5.69 Å². The third-order valence-electron chi connectivity index (χ3n) is 2.88. The number of aromatic nitrogens is 1. The Balaban J connectivity index is 1.78. The van der Waals surface area contributed by atoms with Gasteiger partial charge in [0.25, 0.3) is 0 Å². The number of nitrogens with one attached hydrogen (secondary N) is 1. The standard InChI is InChI=1S/C13H12BrFN2S/c14-11-5-8(15)1-4-10(11)12-7-18-13(17-12)6-16-9-2-3-9/h1,4-5,7,9,16H,2-3,6H2. The van der Waals surface area contributed by atoms with Crippen molar-refractivity contribution in [3.63, 3.8) is 0 Å². The molecule has 0 spiro atoms. The Morgan fingerprint density at radius 2 is 2.28 bits per heavy atom. The van der Waals surface area contributed by atoms with Crippen molar-refractivity contribution in [1.29, 1.82) is 0 Å². The summed E-state index contributed by atoms with van der Waals surface area (Å²) in [6.07, 6.45) is 2.56. The van der Waals surface area contributed by atoms with Crippen molar-refractivity contribution in [1.82, 2.24) is 10.3 Å². The first-order valence-corrected chi connectivity index (χ1v) is 7.53. The highest BCUT2D eigenvalue weighted by Gasteiger charge is 2.20. The number of rotatable bonds is 4. The normalized spacial score (nSPS) is 15.0. The van der Waals surface area contributed by atoms with Crippen LogP contribution in [0.5, 0.6) is 0 Å². The van der Waals surface area contributed by atoms with E-state index in [0.29, 0.717) is 6.04 Å². The Kier molecular flexibility index (Phi) is 3.46. The van der Waals surface area contributed by atoms with E-state index in [2.05, 4.69) is 26.2 Å². The van der Waals surface area contributed by atoms with E-state index < -0.39 is 0 Å². The van der Waals surface area contributed by atoms with Gasteiger partial charge in [-0.2, -0.15) is 0 Å². The molecule has 0 radical (unpaired) electrons. The monoisotopic (exact) mass is 326 g/mol. The summed E-state index contributed by atoms with van der Waals surface area (Å²) < 4.78 is 13.8. The van der Waals surface area contributed by atoms with Crippen LogP contribution in [0.3, 0.4) is 0 Å². The lowest BCUT2D eigenvalue weighted by Crippen LogP contribution is -2.14. The Bertz CT molecular complexity index is 566. The summed E-state index contributed by atoms with van der Waals surface area (Å²) in [5.41, 5.74) is 1.84. The quantitative estimate of drug-likeness (QED) is 0.919. The Labute approximate surface area is 117 Å². The van der Waals surface area contributed by atoms with Gasteiger partial charge in [-0.3, -0.25) is 0 Å². The summed E-state index contributed by atoms with van der Waals surface area (Å²) in [5, 5.41) is 6.53. The average Bonchev–Trinajstić information content (AvgIpc) is 3.05. The summed E-state index contributed by atoms with van der Waals surface area (Å²) in [6, 6.07) is 5.38. The lowest BCUT2D eigenvalue weighted by molar-refractivity contribution is 0.627. The van der Waals surface area contributed by atoms with Gasteiger partial charge in [-0.05, 0) is 47.0 Å². The molecule has 1 fully saturated rings. The van der Waals surface area contributed by atoms with Crippen molar-refractivity contribution in [3.05, 3.63) is 38.9 Å². The molecule has 0 atom stereocenters. The van der Waals surface area contributed by atoms with Gasteiger partial charge in [-0.15, -0.1) is 11.3 Å². The molecule has 18 heavy (non-hydrogen) atoms. The second kappa shape index (κ2) is 5.07. The zero-order valence-electron chi connectivity index (χ0n) is 9.62. The molecule has 2 aromatic rings. The van der Waals surface area contributed by atoms with Crippen LogP contribution in [0.2, 0.25) is 0 Å². The molecule has 2 nitrogen and oxygen atoms in total. The predicted molar refractivity (Wildman–Crippen MR) is 75.1 cm³/mol. The van der Waals surface area contributed by atoms with Crippen molar-refractivity contribution in [2.24, 2.45) is 0 Å². The molecule has 0 amide bonds. The molecular formula is C13H12BrFN2S. The van der Waals surface area contributed by atoms with Crippen molar-refractivity contribution >= 4 is 27.3 Å². The number of benzene rings is 1. The molecule has 1 aliphatic carbocycles. The summed E-state index contributed by atoms with van der Waals surface area (Å²) >= 11 is 5.01. The number of hydrogen-bond donors (Lipinski definition) is 1. The molecule has 1 saturated carbocycles. The fraction of sp³-hybridized carbons (Fsp3) is 0.308. The molecule has 0 unspecified atom stereocenters. The van der Waals surface area contributed by atoms with E-state index in [1.165, 1.54) is 25.0 Å². The maximum Gasteiger partial charge on any atom is 0.124 e. The zero-order chi connectivity index (χ0) is 12.5. The molecule has 3 rings (SSSR count). The van der Waals surface area contributed by atoms with Crippen molar-refractivity contribution in [2.45, 2.75) is 25.4 Å². The lowest BCUT2D eigenvalue weighted by atomic mass is 10.2. The maximum absolute atomic E-state index is 13.0. The first-order valence-electron chi connectivity index (χ1n) is 5.85. The number of thiazole rings is 1. The summed E-state index contributed by atoms with van der Waals surface area (Å²) in [6.45, 7) is 0.828. The van der Waals surface area contributed by atoms with Crippen LogP contribution in [0, 0.1) is 5.82 Å². The molecule has 0 aliphatic heterocycles. The van der Waals surface area contributed by atoms with E-state index in [4.69, 9.17) is 0 Å². The minimum atomic E-state index is -0.239. The predicted octanol–water partition coefficient (Wildman–Crippen LogP) is 3.96. The Morgan fingerprint density at radius 3 is 3.00 bits per heavy atom. The fourth-order valence-electron chi connectivity index (χ4n) is 1.73. The van der Waals surface area contributed by atoms with Crippen LogP contribution in [0.15, 0.2) is 28.1 Å². The molecule has 1 heterocycles. The van der Waals surface area contributed by atoms with Gasteiger partial charge in [0.2, 0.25) is 0 Å². The largest absolute Gasteiger partial charge is 0.308 e. The van der Waals surface area contributed by atoms with Crippen LogP contribution in [0.1, 0.15) is 17.8 Å². The van der Waals surface area contributed by atoms with E-state index in [0.717, 1.165) is 27.3 Å². The minimum absolute atomic E-state index is 0.239. The van der Waals surface area contributed by atoms with Crippen molar-refractivity contribution < 1.29 is 4.39 Å². The average molecular weight is 327 g/mol. The van der Waals surface area contributed by atoms with Crippen molar-refractivity contribution in [3.8, 4) is 11.3 Å². The molecule has 94 valence electrons. The number of nitrogens with zero attached hydrogens (tertiary/aromatic N) is 1. The van der Waals surface area contributed by atoms with Gasteiger partial charge in [0, 0.05) is 28.0 Å². The molecular weight excluding hydrogens is 315 g/mol. The van der Waals surface area contributed by atoms with E-state index in [1.54, 1.807) is 17.4 Å². The smallest absolute Gasteiger partial charge is 0.124 e. The van der Waals surface area contributed by atoms with Gasteiger partial charge in [-0.1, -0.05) is 0 Å². The molecule has 1 aliphatic rings. The highest BCUT2D eigenvalue weighted by molar-refractivity contribution is 9.10. The van der Waals surface area contributed by atoms with Gasteiger partial charge in [0.1, 0.15) is 10.8 Å².